The maximum atomic E-state index is 11.7. The van der Waals surface area contributed by atoms with Gasteiger partial charge in [-0.1, -0.05) is 0 Å². The van der Waals surface area contributed by atoms with Gasteiger partial charge in [-0.2, -0.15) is 0 Å². The van der Waals surface area contributed by atoms with Gasteiger partial charge in [-0.05, 0) is 20.9 Å². The van der Waals surface area contributed by atoms with Crippen LogP contribution in [0.25, 0.3) is 0 Å². The standard InChI is InChI=1S/C10H21N3O/c1-4-13(5-2)10(14)8-12(3)9-6-11-7-9/h9,11H,4-8H2,1-3H3. The minimum atomic E-state index is 0.240. The normalized spacial score (nSPS) is 16.9. The number of nitrogens with one attached hydrogen (secondary N) is 1. The fraction of sp³-hybridized carbons (Fsp3) is 0.900. The molecule has 0 aliphatic carbocycles. The van der Waals surface area contributed by atoms with Crippen molar-refractivity contribution in [2.24, 2.45) is 0 Å². The van der Waals surface area contributed by atoms with E-state index in [9.17, 15) is 4.79 Å². The zero-order valence-corrected chi connectivity index (χ0v) is 9.42. The lowest BCUT2D eigenvalue weighted by molar-refractivity contribution is -0.132. The molecule has 1 fully saturated rings. The molecular formula is C10H21N3O. The second-order valence-corrected chi connectivity index (χ2v) is 3.79. The molecule has 0 aromatic carbocycles. The number of carbonyl (C=O) groups is 1. The van der Waals surface area contributed by atoms with Gasteiger partial charge >= 0.3 is 0 Å². The van der Waals surface area contributed by atoms with E-state index in [1.54, 1.807) is 0 Å². The Balaban J connectivity index is 2.30. The van der Waals surface area contributed by atoms with Crippen LogP contribution in [0, 0.1) is 0 Å². The van der Waals surface area contributed by atoms with Crippen molar-refractivity contribution in [1.82, 2.24) is 15.1 Å². The fourth-order valence-corrected chi connectivity index (χ4v) is 1.60. The first-order valence-corrected chi connectivity index (χ1v) is 5.37. The molecule has 82 valence electrons. The molecule has 1 aliphatic rings. The van der Waals surface area contributed by atoms with Crippen molar-refractivity contribution in [3.05, 3.63) is 0 Å². The summed E-state index contributed by atoms with van der Waals surface area (Å²) in [5.41, 5.74) is 0. The average Bonchev–Trinajstić information content (AvgIpc) is 2.02. The number of nitrogens with zero attached hydrogens (tertiary/aromatic N) is 2. The number of carbonyl (C=O) groups excluding carboxylic acids is 1. The predicted octanol–water partition coefficient (Wildman–Crippen LogP) is -0.242. The van der Waals surface area contributed by atoms with E-state index < -0.39 is 0 Å². The van der Waals surface area contributed by atoms with Crippen LogP contribution >= 0.6 is 0 Å². The molecule has 1 aliphatic heterocycles. The highest BCUT2D eigenvalue weighted by Gasteiger charge is 2.23. The minimum absolute atomic E-state index is 0.240. The summed E-state index contributed by atoms with van der Waals surface area (Å²) in [5, 5.41) is 3.21. The summed E-state index contributed by atoms with van der Waals surface area (Å²) >= 11 is 0. The second-order valence-electron chi connectivity index (χ2n) is 3.79. The van der Waals surface area contributed by atoms with Crippen molar-refractivity contribution in [3.63, 3.8) is 0 Å². The monoisotopic (exact) mass is 199 g/mol. The first-order valence-electron chi connectivity index (χ1n) is 5.37. The van der Waals surface area contributed by atoms with Crippen LogP contribution in [-0.4, -0.2) is 61.5 Å². The minimum Gasteiger partial charge on any atom is -0.342 e. The fourth-order valence-electron chi connectivity index (χ4n) is 1.60. The van der Waals surface area contributed by atoms with E-state index in [1.165, 1.54) is 0 Å². The van der Waals surface area contributed by atoms with Gasteiger partial charge in [-0.15, -0.1) is 0 Å². The number of hydrogen-bond donors (Lipinski definition) is 1. The Morgan fingerprint density at radius 3 is 2.29 bits per heavy atom. The van der Waals surface area contributed by atoms with Crippen LogP contribution in [0.2, 0.25) is 0 Å². The zero-order chi connectivity index (χ0) is 10.6. The summed E-state index contributed by atoms with van der Waals surface area (Å²) in [6.45, 7) is 8.24. The maximum absolute atomic E-state index is 11.7. The molecule has 0 spiro atoms. The molecule has 0 aromatic rings. The Bertz CT molecular complexity index is 188. The number of rotatable bonds is 5. The zero-order valence-electron chi connectivity index (χ0n) is 9.42. The van der Waals surface area contributed by atoms with Crippen LogP contribution in [-0.2, 0) is 4.79 Å². The molecule has 4 nitrogen and oxygen atoms in total. The van der Waals surface area contributed by atoms with E-state index in [-0.39, 0.29) is 5.91 Å². The van der Waals surface area contributed by atoms with Crippen LogP contribution in [0.15, 0.2) is 0 Å². The number of likely N-dealkylation sites (N-methyl/N-ethyl adjacent to an activating group) is 2. The SMILES string of the molecule is CCN(CC)C(=O)CN(C)C1CNC1. The Morgan fingerprint density at radius 2 is 1.93 bits per heavy atom. The highest BCUT2D eigenvalue weighted by atomic mass is 16.2. The predicted molar refractivity (Wildman–Crippen MR) is 57.2 cm³/mol. The molecule has 1 rings (SSSR count). The van der Waals surface area contributed by atoms with Gasteiger partial charge < -0.3 is 10.2 Å². The van der Waals surface area contributed by atoms with Gasteiger partial charge in [-0.25, -0.2) is 0 Å². The molecule has 4 heteroatoms. The Morgan fingerprint density at radius 1 is 1.36 bits per heavy atom. The lowest BCUT2D eigenvalue weighted by atomic mass is 10.1. The summed E-state index contributed by atoms with van der Waals surface area (Å²) in [6, 6.07) is 0.550. The highest BCUT2D eigenvalue weighted by molar-refractivity contribution is 5.78. The van der Waals surface area contributed by atoms with Crippen molar-refractivity contribution in [1.29, 1.82) is 0 Å². The molecule has 14 heavy (non-hydrogen) atoms. The molecule has 0 radical (unpaired) electrons. The second kappa shape index (κ2) is 5.32. The summed E-state index contributed by atoms with van der Waals surface area (Å²) in [5.74, 6) is 0.240. The molecule has 0 atom stereocenters. The van der Waals surface area contributed by atoms with E-state index in [0.717, 1.165) is 26.2 Å². The third kappa shape index (κ3) is 2.69. The van der Waals surface area contributed by atoms with E-state index in [1.807, 2.05) is 25.8 Å². The van der Waals surface area contributed by atoms with Gasteiger partial charge in [0.15, 0.2) is 0 Å². The third-order valence-corrected chi connectivity index (χ3v) is 2.88. The van der Waals surface area contributed by atoms with E-state index in [2.05, 4.69) is 10.2 Å². The van der Waals surface area contributed by atoms with Gasteiger partial charge in [0, 0.05) is 32.2 Å². The molecule has 1 heterocycles. The first-order chi connectivity index (χ1) is 6.69. The molecule has 0 unspecified atom stereocenters. The highest BCUT2D eigenvalue weighted by Crippen LogP contribution is 2.02. The van der Waals surface area contributed by atoms with Gasteiger partial charge in [0.25, 0.3) is 0 Å². The van der Waals surface area contributed by atoms with E-state index >= 15 is 0 Å². The first kappa shape index (κ1) is 11.5. The largest absolute Gasteiger partial charge is 0.342 e. The molecule has 1 amide bonds. The molecule has 1 saturated heterocycles. The van der Waals surface area contributed by atoms with Crippen molar-refractivity contribution < 1.29 is 4.79 Å². The topological polar surface area (TPSA) is 35.6 Å². The molecule has 0 saturated carbocycles. The smallest absolute Gasteiger partial charge is 0.236 e. The van der Waals surface area contributed by atoms with Crippen LogP contribution in [0.1, 0.15) is 13.8 Å². The summed E-state index contributed by atoms with van der Waals surface area (Å²) in [4.78, 5) is 15.7. The van der Waals surface area contributed by atoms with Crippen molar-refractivity contribution in [3.8, 4) is 0 Å². The van der Waals surface area contributed by atoms with E-state index in [4.69, 9.17) is 0 Å². The molecule has 0 bridgehead atoms. The van der Waals surface area contributed by atoms with Gasteiger partial charge in [0.1, 0.15) is 0 Å². The molecule has 0 aromatic heterocycles. The third-order valence-electron chi connectivity index (χ3n) is 2.88. The van der Waals surface area contributed by atoms with Gasteiger partial charge in [0.05, 0.1) is 6.54 Å². The number of hydrogen-bond acceptors (Lipinski definition) is 3. The quantitative estimate of drug-likeness (QED) is 0.664. The summed E-state index contributed by atoms with van der Waals surface area (Å²) in [7, 11) is 2.02. The molecular weight excluding hydrogens is 178 g/mol. The van der Waals surface area contributed by atoms with Crippen LogP contribution in [0.3, 0.4) is 0 Å². The van der Waals surface area contributed by atoms with Crippen molar-refractivity contribution in [2.45, 2.75) is 19.9 Å². The average molecular weight is 199 g/mol. The maximum Gasteiger partial charge on any atom is 0.236 e. The van der Waals surface area contributed by atoms with Crippen LogP contribution in [0.4, 0.5) is 0 Å². The summed E-state index contributed by atoms with van der Waals surface area (Å²) < 4.78 is 0. The van der Waals surface area contributed by atoms with Crippen LogP contribution in [0.5, 0.6) is 0 Å². The lowest BCUT2D eigenvalue weighted by Gasteiger charge is -2.36. The van der Waals surface area contributed by atoms with Gasteiger partial charge in [-0.3, -0.25) is 9.69 Å². The van der Waals surface area contributed by atoms with Crippen LogP contribution < -0.4 is 5.32 Å². The Labute approximate surface area is 86.2 Å². The Kier molecular flexibility index (Phi) is 4.35. The van der Waals surface area contributed by atoms with E-state index in [0.29, 0.717) is 12.6 Å². The summed E-state index contributed by atoms with van der Waals surface area (Å²) in [6.07, 6.45) is 0. The lowest BCUT2D eigenvalue weighted by Crippen LogP contribution is -2.57. The molecule has 1 N–H and O–H groups in total. The Hall–Kier alpha value is -0.610. The van der Waals surface area contributed by atoms with Crippen molar-refractivity contribution >= 4 is 5.91 Å². The number of amides is 1. The van der Waals surface area contributed by atoms with Gasteiger partial charge in [0.2, 0.25) is 5.91 Å². The van der Waals surface area contributed by atoms with Crippen molar-refractivity contribution in [2.75, 3.05) is 39.8 Å².